The van der Waals surface area contributed by atoms with E-state index in [0.29, 0.717) is 28.9 Å². The SMILES string of the molecule is O=C(COC(=O)/C=C/c1nc2ccccc2s1)NCCOc1ccc(Cl)cc1. The molecule has 1 heterocycles. The van der Waals surface area contributed by atoms with Crippen LogP contribution in [-0.2, 0) is 14.3 Å². The number of para-hydroxylation sites is 1. The number of carbonyl (C=O) groups is 2. The van der Waals surface area contributed by atoms with Crippen molar-refractivity contribution in [3.8, 4) is 5.75 Å². The van der Waals surface area contributed by atoms with Gasteiger partial charge in [0.15, 0.2) is 6.61 Å². The highest BCUT2D eigenvalue weighted by Crippen LogP contribution is 2.22. The lowest BCUT2D eigenvalue weighted by atomic mass is 10.3. The van der Waals surface area contributed by atoms with Crippen molar-refractivity contribution < 1.29 is 19.1 Å². The van der Waals surface area contributed by atoms with Gasteiger partial charge in [-0.1, -0.05) is 23.7 Å². The van der Waals surface area contributed by atoms with Crippen molar-refractivity contribution in [2.24, 2.45) is 0 Å². The number of hydrogen-bond donors (Lipinski definition) is 1. The highest BCUT2D eigenvalue weighted by Gasteiger charge is 2.06. The summed E-state index contributed by atoms with van der Waals surface area (Å²) in [6, 6.07) is 14.6. The van der Waals surface area contributed by atoms with Gasteiger partial charge in [0.25, 0.3) is 5.91 Å². The van der Waals surface area contributed by atoms with Crippen LogP contribution in [0, 0.1) is 0 Å². The average Bonchev–Trinajstić information content (AvgIpc) is 3.12. The second kappa shape index (κ2) is 9.87. The zero-order chi connectivity index (χ0) is 19.8. The van der Waals surface area contributed by atoms with Gasteiger partial charge in [-0.05, 0) is 42.5 Å². The van der Waals surface area contributed by atoms with Gasteiger partial charge in [0.05, 0.1) is 16.8 Å². The van der Waals surface area contributed by atoms with Crippen molar-refractivity contribution in [1.29, 1.82) is 0 Å². The van der Waals surface area contributed by atoms with Crippen LogP contribution in [0.5, 0.6) is 5.75 Å². The lowest BCUT2D eigenvalue weighted by molar-refractivity contribution is -0.143. The first-order chi connectivity index (χ1) is 13.6. The van der Waals surface area contributed by atoms with Crippen LogP contribution in [0.3, 0.4) is 0 Å². The van der Waals surface area contributed by atoms with E-state index in [2.05, 4.69) is 10.3 Å². The van der Waals surface area contributed by atoms with Gasteiger partial charge in [-0.3, -0.25) is 4.79 Å². The molecule has 0 fully saturated rings. The van der Waals surface area contributed by atoms with Crippen molar-refractivity contribution >= 4 is 51.1 Å². The normalized spacial score (nSPS) is 10.9. The van der Waals surface area contributed by atoms with Gasteiger partial charge >= 0.3 is 5.97 Å². The van der Waals surface area contributed by atoms with Crippen molar-refractivity contribution in [2.75, 3.05) is 19.8 Å². The number of ether oxygens (including phenoxy) is 2. The topological polar surface area (TPSA) is 77.5 Å². The number of nitrogens with zero attached hydrogens (tertiary/aromatic N) is 1. The molecule has 1 amide bonds. The molecule has 0 unspecified atom stereocenters. The summed E-state index contributed by atoms with van der Waals surface area (Å²) in [5.41, 5.74) is 0.876. The second-order valence-corrected chi connectivity index (χ2v) is 7.11. The number of carbonyl (C=O) groups excluding carboxylic acids is 2. The fraction of sp³-hybridized carbons (Fsp3) is 0.150. The second-order valence-electron chi connectivity index (χ2n) is 5.61. The molecule has 2 aromatic carbocycles. The monoisotopic (exact) mass is 416 g/mol. The minimum atomic E-state index is -0.605. The highest BCUT2D eigenvalue weighted by atomic mass is 35.5. The van der Waals surface area contributed by atoms with Crippen LogP contribution in [0.1, 0.15) is 5.01 Å². The Balaban J connectivity index is 1.34. The van der Waals surface area contributed by atoms with Gasteiger partial charge in [-0.15, -0.1) is 11.3 Å². The molecule has 0 atom stereocenters. The van der Waals surface area contributed by atoms with Crippen molar-refractivity contribution in [3.05, 3.63) is 64.6 Å². The number of hydrogen-bond acceptors (Lipinski definition) is 6. The Morgan fingerprint density at radius 3 is 2.71 bits per heavy atom. The van der Waals surface area contributed by atoms with Crippen LogP contribution in [0.25, 0.3) is 16.3 Å². The number of halogens is 1. The first kappa shape index (κ1) is 19.9. The molecule has 28 heavy (non-hydrogen) atoms. The molecule has 3 aromatic rings. The van der Waals surface area contributed by atoms with E-state index in [0.717, 1.165) is 10.2 Å². The van der Waals surface area contributed by atoms with Gasteiger partial charge in [-0.25, -0.2) is 9.78 Å². The summed E-state index contributed by atoms with van der Waals surface area (Å²) in [5.74, 6) is -0.349. The van der Waals surface area contributed by atoms with Crippen molar-refractivity contribution in [2.45, 2.75) is 0 Å². The van der Waals surface area contributed by atoms with E-state index >= 15 is 0 Å². The third-order valence-electron chi connectivity index (χ3n) is 3.52. The van der Waals surface area contributed by atoms with Crippen LogP contribution in [-0.4, -0.2) is 36.6 Å². The van der Waals surface area contributed by atoms with Crippen LogP contribution in [0.2, 0.25) is 5.02 Å². The predicted octanol–water partition coefficient (Wildman–Crippen LogP) is 3.70. The molecule has 1 N–H and O–H groups in total. The molecule has 0 aliphatic carbocycles. The summed E-state index contributed by atoms with van der Waals surface area (Å²) in [6.45, 7) is 0.226. The number of thiazole rings is 1. The molecule has 0 bridgehead atoms. The van der Waals surface area contributed by atoms with Gasteiger partial charge in [0, 0.05) is 11.1 Å². The predicted molar refractivity (Wildman–Crippen MR) is 110 cm³/mol. The summed E-state index contributed by atoms with van der Waals surface area (Å²) < 4.78 is 11.4. The van der Waals surface area contributed by atoms with Crippen LogP contribution in [0.4, 0.5) is 0 Å². The van der Waals surface area contributed by atoms with Gasteiger partial charge in [0.1, 0.15) is 17.4 Å². The van der Waals surface area contributed by atoms with E-state index in [4.69, 9.17) is 21.1 Å². The summed E-state index contributed by atoms with van der Waals surface area (Å²) in [7, 11) is 0. The van der Waals surface area contributed by atoms with Gasteiger partial charge in [0.2, 0.25) is 0 Å². The number of amides is 1. The summed E-state index contributed by atoms with van der Waals surface area (Å²) in [4.78, 5) is 27.8. The summed E-state index contributed by atoms with van der Waals surface area (Å²) >= 11 is 7.26. The number of rotatable bonds is 8. The number of nitrogens with one attached hydrogen (secondary N) is 1. The van der Waals surface area contributed by atoms with E-state index < -0.39 is 11.9 Å². The molecule has 6 nitrogen and oxygen atoms in total. The minimum Gasteiger partial charge on any atom is -0.492 e. The standard InChI is InChI=1S/C20H17ClN2O4S/c21-14-5-7-15(8-6-14)26-12-11-22-18(24)13-27-20(25)10-9-19-23-16-3-1-2-4-17(16)28-19/h1-10H,11-13H2,(H,22,24)/b10-9+. The Kier molecular flexibility index (Phi) is 7.00. The maximum Gasteiger partial charge on any atom is 0.331 e. The minimum absolute atomic E-state index is 0.291. The number of esters is 1. The van der Waals surface area contributed by atoms with Crippen molar-refractivity contribution in [1.82, 2.24) is 10.3 Å². The summed E-state index contributed by atoms with van der Waals surface area (Å²) in [6.07, 6.45) is 2.83. The Hall–Kier alpha value is -2.90. The molecule has 8 heteroatoms. The molecule has 0 saturated heterocycles. The third kappa shape index (κ3) is 6.07. The molecule has 144 valence electrons. The molecule has 0 aliphatic heterocycles. The molecule has 0 radical (unpaired) electrons. The van der Waals surface area contributed by atoms with E-state index in [-0.39, 0.29) is 6.61 Å². The fourth-order valence-corrected chi connectivity index (χ4v) is 3.22. The van der Waals surface area contributed by atoms with E-state index in [1.165, 1.54) is 17.4 Å². The van der Waals surface area contributed by atoms with E-state index in [9.17, 15) is 9.59 Å². The Labute approximate surface area is 170 Å². The number of fused-ring (bicyclic) bond motifs is 1. The Morgan fingerprint density at radius 2 is 1.93 bits per heavy atom. The first-order valence-electron chi connectivity index (χ1n) is 8.45. The molecular weight excluding hydrogens is 400 g/mol. The van der Waals surface area contributed by atoms with Gasteiger partial charge < -0.3 is 14.8 Å². The average molecular weight is 417 g/mol. The number of benzene rings is 2. The smallest absolute Gasteiger partial charge is 0.331 e. The van der Waals surface area contributed by atoms with E-state index in [1.54, 1.807) is 30.3 Å². The Morgan fingerprint density at radius 1 is 1.14 bits per heavy atom. The third-order valence-corrected chi connectivity index (χ3v) is 4.78. The Bertz CT molecular complexity index is 952. The van der Waals surface area contributed by atoms with Crippen LogP contribution >= 0.6 is 22.9 Å². The van der Waals surface area contributed by atoms with Gasteiger partial charge in [-0.2, -0.15) is 0 Å². The zero-order valence-electron chi connectivity index (χ0n) is 14.8. The van der Waals surface area contributed by atoms with Crippen LogP contribution in [0.15, 0.2) is 54.6 Å². The highest BCUT2D eigenvalue weighted by molar-refractivity contribution is 7.19. The molecular formula is C20H17ClN2O4S. The molecule has 3 rings (SSSR count). The lowest BCUT2D eigenvalue weighted by Gasteiger charge is -2.07. The first-order valence-corrected chi connectivity index (χ1v) is 9.65. The molecule has 1 aromatic heterocycles. The van der Waals surface area contributed by atoms with E-state index in [1.807, 2.05) is 24.3 Å². The quantitative estimate of drug-likeness (QED) is 0.344. The zero-order valence-corrected chi connectivity index (χ0v) is 16.3. The van der Waals surface area contributed by atoms with Crippen molar-refractivity contribution in [3.63, 3.8) is 0 Å². The molecule has 0 spiro atoms. The van der Waals surface area contributed by atoms with Crippen LogP contribution < -0.4 is 10.1 Å². The maximum absolute atomic E-state index is 11.7. The molecule has 0 saturated carbocycles. The number of aromatic nitrogens is 1. The largest absolute Gasteiger partial charge is 0.492 e. The maximum atomic E-state index is 11.7. The molecule has 0 aliphatic rings. The lowest BCUT2D eigenvalue weighted by Crippen LogP contribution is -2.31. The summed E-state index contributed by atoms with van der Waals surface area (Å²) in [5, 5.41) is 3.93. The fourth-order valence-electron chi connectivity index (χ4n) is 2.23.